The van der Waals surface area contributed by atoms with Gasteiger partial charge >= 0.3 is 0 Å². The van der Waals surface area contributed by atoms with E-state index in [1.165, 1.54) is 0 Å². The highest BCUT2D eigenvalue weighted by Gasteiger charge is 2.11. The van der Waals surface area contributed by atoms with Crippen molar-refractivity contribution >= 4 is 18.6 Å². The molecule has 1 radical (unpaired) electrons. The Bertz CT molecular complexity index is 325. The zero-order valence-electron chi connectivity index (χ0n) is 10.3. The Labute approximate surface area is 98.1 Å². The van der Waals surface area contributed by atoms with Crippen molar-refractivity contribution in [2.24, 2.45) is 0 Å². The van der Waals surface area contributed by atoms with E-state index in [0.717, 1.165) is 31.4 Å². The van der Waals surface area contributed by atoms with Gasteiger partial charge in [0, 0.05) is 19.3 Å². The highest BCUT2D eigenvalue weighted by atomic mass is 19.1. The minimum atomic E-state index is -0.225. The highest BCUT2D eigenvalue weighted by Crippen LogP contribution is 2.15. The van der Waals surface area contributed by atoms with E-state index in [-0.39, 0.29) is 5.82 Å². The van der Waals surface area contributed by atoms with Crippen LogP contribution >= 0.6 is 0 Å². The lowest BCUT2D eigenvalue weighted by atomic mass is 9.74. The molecule has 0 aliphatic carbocycles. The molecule has 0 N–H and O–H groups in total. The van der Waals surface area contributed by atoms with E-state index in [1.807, 2.05) is 19.0 Å². The topological polar surface area (TPSA) is 16.1 Å². The first kappa shape index (κ1) is 13.0. The van der Waals surface area contributed by atoms with Crippen molar-refractivity contribution in [3.05, 3.63) is 18.1 Å². The summed E-state index contributed by atoms with van der Waals surface area (Å²) in [6.45, 7) is 7.77. The van der Waals surface area contributed by atoms with Gasteiger partial charge in [-0.3, -0.25) is 0 Å². The number of hydrogen-bond donors (Lipinski definition) is 0. The Hall–Kier alpha value is -1.06. The molecule has 1 aromatic heterocycles. The maximum Gasteiger partial charge on any atom is 0.165 e. The molecule has 0 fully saturated rings. The molecule has 0 spiro atoms. The Morgan fingerprint density at radius 2 is 1.94 bits per heavy atom. The van der Waals surface area contributed by atoms with E-state index >= 15 is 0 Å². The summed E-state index contributed by atoms with van der Waals surface area (Å²) in [6, 6.07) is 1.54. The summed E-state index contributed by atoms with van der Waals surface area (Å²) in [4.78, 5) is 6.22. The van der Waals surface area contributed by atoms with Crippen LogP contribution in [0.4, 0.5) is 10.2 Å². The Kier molecular flexibility index (Phi) is 5.29. The average molecular weight is 221 g/mol. The van der Waals surface area contributed by atoms with Crippen molar-refractivity contribution in [2.45, 2.75) is 33.5 Å². The van der Waals surface area contributed by atoms with Gasteiger partial charge in [0.15, 0.2) is 11.6 Å². The first-order chi connectivity index (χ1) is 7.72. The third-order valence-electron chi connectivity index (χ3n) is 2.46. The summed E-state index contributed by atoms with van der Waals surface area (Å²) in [7, 11) is 1.85. The van der Waals surface area contributed by atoms with Gasteiger partial charge in [0.1, 0.15) is 7.28 Å². The number of aromatic nitrogens is 1. The standard InChI is InChI=1S/C12H19BFN2/c1-4-6-16(7-5-2)12-11(14)8-10(13-3)9-15-12/h8-9H,4-7H2,1-3H3. The molecule has 0 amide bonds. The van der Waals surface area contributed by atoms with Gasteiger partial charge in [-0.1, -0.05) is 26.1 Å². The molecule has 4 heteroatoms. The van der Waals surface area contributed by atoms with E-state index in [9.17, 15) is 4.39 Å². The van der Waals surface area contributed by atoms with Crippen LogP contribution in [0.3, 0.4) is 0 Å². The van der Waals surface area contributed by atoms with Crippen LogP contribution < -0.4 is 10.4 Å². The van der Waals surface area contributed by atoms with Crippen LogP contribution in [0.15, 0.2) is 12.3 Å². The monoisotopic (exact) mass is 221 g/mol. The van der Waals surface area contributed by atoms with Gasteiger partial charge in [0.25, 0.3) is 0 Å². The van der Waals surface area contributed by atoms with Gasteiger partial charge in [-0.25, -0.2) is 9.37 Å². The number of pyridine rings is 1. The zero-order valence-corrected chi connectivity index (χ0v) is 10.3. The predicted octanol–water partition coefficient (Wildman–Crippen LogP) is 2.22. The van der Waals surface area contributed by atoms with Crippen LogP contribution in [0.25, 0.3) is 0 Å². The summed E-state index contributed by atoms with van der Waals surface area (Å²) in [6.07, 6.45) is 3.72. The van der Waals surface area contributed by atoms with Crippen LogP contribution in [-0.4, -0.2) is 25.4 Å². The quantitative estimate of drug-likeness (QED) is 0.684. The molecular formula is C12H19BFN2. The fraction of sp³-hybridized carbons (Fsp3) is 0.583. The molecule has 0 saturated heterocycles. The van der Waals surface area contributed by atoms with Crippen LogP contribution in [-0.2, 0) is 0 Å². The Balaban J connectivity index is 2.90. The van der Waals surface area contributed by atoms with Gasteiger partial charge in [0.2, 0.25) is 0 Å². The van der Waals surface area contributed by atoms with Crippen molar-refractivity contribution in [2.75, 3.05) is 18.0 Å². The minimum Gasteiger partial charge on any atom is -0.354 e. The molecule has 0 aromatic carbocycles. The largest absolute Gasteiger partial charge is 0.354 e. The Morgan fingerprint density at radius 1 is 1.31 bits per heavy atom. The van der Waals surface area contributed by atoms with Gasteiger partial charge < -0.3 is 4.90 Å². The van der Waals surface area contributed by atoms with Crippen molar-refractivity contribution < 1.29 is 4.39 Å². The molecule has 0 bridgehead atoms. The van der Waals surface area contributed by atoms with Gasteiger partial charge in [-0.15, -0.1) is 0 Å². The number of nitrogens with zero attached hydrogens (tertiary/aromatic N) is 2. The second-order valence-corrected chi connectivity index (χ2v) is 3.85. The van der Waals surface area contributed by atoms with E-state index in [4.69, 9.17) is 0 Å². The van der Waals surface area contributed by atoms with Gasteiger partial charge in [-0.2, -0.15) is 0 Å². The predicted molar refractivity (Wildman–Crippen MR) is 68.2 cm³/mol. The fourth-order valence-corrected chi connectivity index (χ4v) is 1.70. The van der Waals surface area contributed by atoms with Crippen LogP contribution in [0.5, 0.6) is 0 Å². The number of hydrogen-bond acceptors (Lipinski definition) is 2. The van der Waals surface area contributed by atoms with Crippen LogP contribution in [0.1, 0.15) is 26.7 Å². The summed E-state index contributed by atoms with van der Waals surface area (Å²) in [5, 5.41) is 0. The number of anilines is 1. The van der Waals surface area contributed by atoms with Crippen LogP contribution in [0.2, 0.25) is 6.82 Å². The molecule has 0 aliphatic rings. The molecule has 1 heterocycles. The van der Waals surface area contributed by atoms with E-state index in [1.54, 1.807) is 12.3 Å². The molecule has 1 aromatic rings. The molecular weight excluding hydrogens is 202 g/mol. The third-order valence-corrected chi connectivity index (χ3v) is 2.46. The summed E-state index contributed by atoms with van der Waals surface area (Å²) in [5.41, 5.74) is 0.828. The molecule has 16 heavy (non-hydrogen) atoms. The second kappa shape index (κ2) is 6.51. The third kappa shape index (κ3) is 3.22. The van der Waals surface area contributed by atoms with Gasteiger partial charge in [0.05, 0.1) is 0 Å². The maximum atomic E-state index is 13.8. The number of halogens is 1. The molecule has 0 atom stereocenters. The maximum absolute atomic E-state index is 13.8. The van der Waals surface area contributed by atoms with Crippen molar-refractivity contribution in [3.8, 4) is 0 Å². The highest BCUT2D eigenvalue weighted by molar-refractivity contribution is 6.51. The minimum absolute atomic E-state index is 0.225. The van der Waals surface area contributed by atoms with Crippen molar-refractivity contribution in [3.63, 3.8) is 0 Å². The zero-order chi connectivity index (χ0) is 12.0. The lowest BCUT2D eigenvalue weighted by Crippen LogP contribution is -2.28. The molecule has 0 saturated carbocycles. The lowest BCUT2D eigenvalue weighted by Gasteiger charge is -2.23. The number of rotatable bonds is 6. The molecule has 0 aliphatic heterocycles. The smallest absolute Gasteiger partial charge is 0.165 e. The fourth-order valence-electron chi connectivity index (χ4n) is 1.70. The molecule has 0 unspecified atom stereocenters. The van der Waals surface area contributed by atoms with E-state index < -0.39 is 0 Å². The van der Waals surface area contributed by atoms with Crippen molar-refractivity contribution in [1.29, 1.82) is 0 Å². The lowest BCUT2D eigenvalue weighted by molar-refractivity contribution is 0.605. The second-order valence-electron chi connectivity index (χ2n) is 3.85. The Morgan fingerprint density at radius 3 is 2.38 bits per heavy atom. The molecule has 2 nitrogen and oxygen atoms in total. The normalized spacial score (nSPS) is 10.2. The van der Waals surface area contributed by atoms with Gasteiger partial charge in [-0.05, 0) is 18.9 Å². The summed E-state index contributed by atoms with van der Waals surface area (Å²) < 4.78 is 13.8. The summed E-state index contributed by atoms with van der Waals surface area (Å²) in [5.74, 6) is 0.256. The van der Waals surface area contributed by atoms with Crippen LogP contribution in [0, 0.1) is 5.82 Å². The SMILES string of the molecule is C[B]c1cnc(N(CCC)CCC)c(F)c1. The van der Waals surface area contributed by atoms with E-state index in [0.29, 0.717) is 5.82 Å². The molecule has 1 rings (SSSR count). The van der Waals surface area contributed by atoms with E-state index in [2.05, 4.69) is 18.8 Å². The first-order valence-corrected chi connectivity index (χ1v) is 5.92. The first-order valence-electron chi connectivity index (χ1n) is 5.92. The van der Waals surface area contributed by atoms with Crippen molar-refractivity contribution in [1.82, 2.24) is 4.98 Å². The summed E-state index contributed by atoms with van der Waals surface area (Å²) >= 11 is 0. The molecule has 87 valence electrons. The average Bonchev–Trinajstić information content (AvgIpc) is 2.29.